The van der Waals surface area contributed by atoms with Crippen molar-refractivity contribution in [2.24, 2.45) is 5.73 Å². The van der Waals surface area contributed by atoms with Crippen molar-refractivity contribution in [3.05, 3.63) is 48.0 Å². The van der Waals surface area contributed by atoms with Gasteiger partial charge in [-0.05, 0) is 24.9 Å². The molecule has 24 heavy (non-hydrogen) atoms. The molecule has 0 saturated carbocycles. The monoisotopic (exact) mass is 329 g/mol. The number of piperidine rings is 1. The lowest BCUT2D eigenvalue weighted by Gasteiger charge is -2.34. The average Bonchev–Trinajstić information content (AvgIpc) is 3.11. The highest BCUT2D eigenvalue weighted by molar-refractivity contribution is 5.88. The van der Waals surface area contributed by atoms with E-state index in [1.54, 1.807) is 18.1 Å². The van der Waals surface area contributed by atoms with Gasteiger partial charge in [0.1, 0.15) is 6.33 Å². The molecule has 1 aliphatic rings. The number of primary amides is 1. The van der Waals surface area contributed by atoms with Crippen molar-refractivity contribution in [3.63, 3.8) is 0 Å². The number of nitrogens with zero attached hydrogens (tertiary/aromatic N) is 4. The number of amides is 1. The van der Waals surface area contributed by atoms with Crippen molar-refractivity contribution in [2.45, 2.75) is 25.0 Å². The van der Waals surface area contributed by atoms with Crippen molar-refractivity contribution in [1.82, 2.24) is 19.7 Å². The summed E-state index contributed by atoms with van der Waals surface area (Å²) in [7, 11) is 1.75. The second kappa shape index (κ2) is 7.55. The highest BCUT2D eigenvalue weighted by Gasteiger charge is 2.25. The van der Waals surface area contributed by atoms with Crippen molar-refractivity contribution in [3.8, 4) is 0 Å². The quantitative estimate of drug-likeness (QED) is 0.866. The lowest BCUT2D eigenvalue weighted by molar-refractivity contribution is 0.0474. The molecule has 1 aromatic heterocycles. The third-order valence-corrected chi connectivity index (χ3v) is 4.46. The second-order valence-electron chi connectivity index (χ2n) is 6.10. The summed E-state index contributed by atoms with van der Waals surface area (Å²) >= 11 is 0. The number of aromatic nitrogens is 3. The molecule has 1 amide bonds. The highest BCUT2D eigenvalue weighted by Crippen LogP contribution is 2.24. The standard InChI is InChI=1S/C17H23N5O2/c1-24-15(13-6-3-2-4-7-13)11-21-9-5-8-14(10-21)22-12-19-17(20-22)16(18)23/h2-4,6-7,12,14-15H,5,8-11H2,1H3,(H2,18,23)/t14-,15+/m1/s1. The predicted molar refractivity (Wildman–Crippen MR) is 89.4 cm³/mol. The minimum atomic E-state index is -0.593. The van der Waals surface area contributed by atoms with Gasteiger partial charge >= 0.3 is 0 Å². The largest absolute Gasteiger partial charge is 0.375 e. The van der Waals surface area contributed by atoms with Crippen LogP contribution in [0.25, 0.3) is 0 Å². The molecule has 7 nitrogen and oxygen atoms in total. The Labute approximate surface area is 141 Å². The molecule has 0 aliphatic carbocycles. The number of benzene rings is 1. The van der Waals surface area contributed by atoms with Gasteiger partial charge < -0.3 is 10.5 Å². The number of nitrogens with two attached hydrogens (primary N) is 1. The van der Waals surface area contributed by atoms with Crippen molar-refractivity contribution >= 4 is 5.91 Å². The Bertz CT molecular complexity index is 673. The van der Waals surface area contributed by atoms with Gasteiger partial charge in [-0.25, -0.2) is 9.67 Å². The number of carbonyl (C=O) groups excluding carboxylic acids is 1. The van der Waals surface area contributed by atoms with Crippen LogP contribution >= 0.6 is 0 Å². The van der Waals surface area contributed by atoms with E-state index in [1.165, 1.54) is 5.56 Å². The zero-order valence-electron chi connectivity index (χ0n) is 13.8. The molecule has 2 heterocycles. The maximum Gasteiger partial charge on any atom is 0.288 e. The first-order valence-corrected chi connectivity index (χ1v) is 8.18. The molecule has 1 aliphatic heterocycles. The van der Waals surface area contributed by atoms with Gasteiger partial charge in [-0.15, -0.1) is 5.10 Å². The summed E-state index contributed by atoms with van der Waals surface area (Å²) in [4.78, 5) is 17.5. The predicted octanol–water partition coefficient (Wildman–Crippen LogP) is 1.40. The second-order valence-corrected chi connectivity index (χ2v) is 6.10. The minimum absolute atomic E-state index is 0.0434. The van der Waals surface area contributed by atoms with E-state index in [0.29, 0.717) is 0 Å². The van der Waals surface area contributed by atoms with Crippen molar-refractivity contribution < 1.29 is 9.53 Å². The molecule has 0 spiro atoms. The van der Waals surface area contributed by atoms with Crippen LogP contribution in [0.5, 0.6) is 0 Å². The number of carbonyl (C=O) groups is 1. The molecule has 1 fully saturated rings. The zero-order chi connectivity index (χ0) is 16.9. The van der Waals surface area contributed by atoms with Crippen LogP contribution in [0.1, 0.15) is 41.2 Å². The molecular weight excluding hydrogens is 306 g/mol. The Balaban J connectivity index is 1.65. The Kier molecular flexibility index (Phi) is 5.22. The number of rotatable bonds is 6. The lowest BCUT2D eigenvalue weighted by atomic mass is 10.0. The molecule has 2 aromatic rings. The molecule has 1 aromatic carbocycles. The maximum absolute atomic E-state index is 11.2. The van der Waals surface area contributed by atoms with E-state index in [9.17, 15) is 4.79 Å². The molecule has 0 radical (unpaired) electrons. The molecule has 1 saturated heterocycles. The molecule has 3 rings (SSSR count). The first kappa shape index (κ1) is 16.6. The smallest absolute Gasteiger partial charge is 0.288 e. The van der Waals surface area contributed by atoms with Crippen molar-refractivity contribution in [2.75, 3.05) is 26.7 Å². The Morgan fingerprint density at radius 2 is 2.21 bits per heavy atom. The number of likely N-dealkylation sites (tertiary alicyclic amines) is 1. The van der Waals surface area contributed by atoms with Crippen LogP contribution in [-0.4, -0.2) is 52.3 Å². The summed E-state index contributed by atoms with van der Waals surface area (Å²) in [6.07, 6.45) is 3.73. The van der Waals surface area contributed by atoms with Crippen LogP contribution in [0.15, 0.2) is 36.7 Å². The Hall–Kier alpha value is -2.25. The summed E-state index contributed by atoms with van der Waals surface area (Å²) in [5, 5.41) is 4.20. The normalized spacial score (nSPS) is 20.0. The van der Waals surface area contributed by atoms with Crippen LogP contribution < -0.4 is 5.73 Å². The van der Waals surface area contributed by atoms with Crippen LogP contribution in [0.2, 0.25) is 0 Å². The van der Waals surface area contributed by atoms with E-state index in [-0.39, 0.29) is 18.0 Å². The summed E-state index contributed by atoms with van der Waals surface area (Å²) < 4.78 is 7.44. The van der Waals surface area contributed by atoms with E-state index >= 15 is 0 Å². The molecule has 2 N–H and O–H groups in total. The summed E-state index contributed by atoms with van der Waals surface area (Å²) in [6.45, 7) is 2.71. The molecule has 0 unspecified atom stereocenters. The van der Waals surface area contributed by atoms with E-state index in [0.717, 1.165) is 32.5 Å². The van der Waals surface area contributed by atoms with Crippen LogP contribution in [0, 0.1) is 0 Å². The number of hydrogen-bond donors (Lipinski definition) is 1. The fraction of sp³-hybridized carbons (Fsp3) is 0.471. The fourth-order valence-corrected chi connectivity index (χ4v) is 3.19. The molecule has 7 heteroatoms. The minimum Gasteiger partial charge on any atom is -0.375 e. The van der Waals surface area contributed by atoms with Gasteiger partial charge in [0, 0.05) is 20.2 Å². The number of hydrogen-bond acceptors (Lipinski definition) is 5. The number of methoxy groups -OCH3 is 1. The topological polar surface area (TPSA) is 86.3 Å². The summed E-state index contributed by atoms with van der Waals surface area (Å²) in [5.41, 5.74) is 6.41. The van der Waals surface area contributed by atoms with Gasteiger partial charge in [0.15, 0.2) is 0 Å². The van der Waals surface area contributed by atoms with Crippen molar-refractivity contribution in [1.29, 1.82) is 0 Å². The van der Waals surface area contributed by atoms with Gasteiger partial charge in [-0.1, -0.05) is 30.3 Å². The Morgan fingerprint density at radius 1 is 1.42 bits per heavy atom. The third-order valence-electron chi connectivity index (χ3n) is 4.46. The molecule has 128 valence electrons. The maximum atomic E-state index is 11.2. The zero-order valence-corrected chi connectivity index (χ0v) is 13.8. The summed E-state index contributed by atoms with van der Waals surface area (Å²) in [6, 6.07) is 10.4. The van der Waals surface area contributed by atoms with E-state index in [2.05, 4.69) is 27.1 Å². The molecular formula is C17H23N5O2. The van der Waals surface area contributed by atoms with Gasteiger partial charge in [-0.2, -0.15) is 0 Å². The summed E-state index contributed by atoms with van der Waals surface area (Å²) in [5.74, 6) is -0.517. The van der Waals surface area contributed by atoms with E-state index in [1.807, 2.05) is 18.2 Å². The fourth-order valence-electron chi connectivity index (χ4n) is 3.19. The number of ether oxygens (including phenoxy) is 1. The third kappa shape index (κ3) is 3.80. The Morgan fingerprint density at radius 3 is 2.88 bits per heavy atom. The van der Waals surface area contributed by atoms with Gasteiger partial charge in [-0.3, -0.25) is 9.69 Å². The SMILES string of the molecule is CO[C@@H](CN1CCC[C@@H](n2cnc(C(N)=O)n2)C1)c1ccccc1. The average molecular weight is 329 g/mol. The van der Waals surface area contributed by atoms with Crippen LogP contribution in [-0.2, 0) is 4.74 Å². The highest BCUT2D eigenvalue weighted by atomic mass is 16.5. The van der Waals surface area contributed by atoms with E-state index < -0.39 is 5.91 Å². The van der Waals surface area contributed by atoms with Gasteiger partial charge in [0.05, 0.1) is 12.1 Å². The van der Waals surface area contributed by atoms with Gasteiger partial charge in [0.2, 0.25) is 5.82 Å². The lowest BCUT2D eigenvalue weighted by Crippen LogP contribution is -2.39. The first-order valence-electron chi connectivity index (χ1n) is 8.18. The van der Waals surface area contributed by atoms with Crippen LogP contribution in [0.3, 0.4) is 0 Å². The van der Waals surface area contributed by atoms with E-state index in [4.69, 9.17) is 10.5 Å². The van der Waals surface area contributed by atoms with Crippen LogP contribution in [0.4, 0.5) is 0 Å². The molecule has 0 bridgehead atoms. The van der Waals surface area contributed by atoms with Gasteiger partial charge in [0.25, 0.3) is 5.91 Å². The first-order chi connectivity index (χ1) is 11.7. The molecule has 2 atom stereocenters.